The van der Waals surface area contributed by atoms with Crippen molar-refractivity contribution in [3.05, 3.63) is 114 Å². The second-order valence-corrected chi connectivity index (χ2v) is 8.72. The van der Waals surface area contributed by atoms with E-state index in [1.165, 1.54) is 65.0 Å². The van der Waals surface area contributed by atoms with Gasteiger partial charge in [-0.2, -0.15) is 0 Å². The number of phenols is 1. The van der Waals surface area contributed by atoms with Crippen molar-refractivity contribution in [1.82, 2.24) is 0 Å². The molecule has 0 aliphatic rings. The summed E-state index contributed by atoms with van der Waals surface area (Å²) >= 11 is 0. The zero-order valence-corrected chi connectivity index (χ0v) is 17.5. The minimum Gasteiger partial charge on any atom is -0.508 e. The van der Waals surface area contributed by atoms with E-state index in [2.05, 4.69) is 78.9 Å². The standard InChI is InChI=1S/C31H20O/c32-23-14-11-19(12-15-23)17-21-13-16-27-26-9-3-6-22-18-20-5-1-2-7-25(20)31(29(22)26)28-10-4-8-24(21)30(27)28/h1-16,18,32H,17H2. The number of hydrogen-bond acceptors (Lipinski definition) is 1. The van der Waals surface area contributed by atoms with Crippen molar-refractivity contribution < 1.29 is 5.11 Å². The Morgan fingerprint density at radius 1 is 0.469 bits per heavy atom. The van der Waals surface area contributed by atoms with Gasteiger partial charge in [-0.25, -0.2) is 0 Å². The Morgan fingerprint density at radius 3 is 2.06 bits per heavy atom. The van der Waals surface area contributed by atoms with E-state index in [1.54, 1.807) is 12.1 Å². The lowest BCUT2D eigenvalue weighted by Gasteiger charge is -2.18. The topological polar surface area (TPSA) is 20.2 Å². The van der Waals surface area contributed by atoms with Crippen LogP contribution < -0.4 is 0 Å². The van der Waals surface area contributed by atoms with Gasteiger partial charge in [0, 0.05) is 0 Å². The van der Waals surface area contributed by atoms with E-state index in [-0.39, 0.29) is 0 Å². The Balaban J connectivity index is 1.65. The highest BCUT2D eigenvalue weighted by atomic mass is 16.3. The van der Waals surface area contributed by atoms with Gasteiger partial charge >= 0.3 is 0 Å². The van der Waals surface area contributed by atoms with E-state index >= 15 is 0 Å². The zero-order chi connectivity index (χ0) is 21.2. The SMILES string of the molecule is Oc1ccc(Cc2ccc3c4cccc5cc6ccccc6c(c6cccc2c36)c54)cc1. The van der Waals surface area contributed by atoms with Gasteiger partial charge in [0.2, 0.25) is 0 Å². The molecule has 0 spiro atoms. The van der Waals surface area contributed by atoms with Gasteiger partial charge in [-0.3, -0.25) is 0 Å². The maximum atomic E-state index is 9.66. The second kappa shape index (κ2) is 6.45. The average Bonchev–Trinajstić information content (AvgIpc) is 2.83. The van der Waals surface area contributed by atoms with Gasteiger partial charge in [0.25, 0.3) is 0 Å². The predicted octanol–water partition coefficient (Wildman–Crippen LogP) is 8.19. The van der Waals surface area contributed by atoms with E-state index in [0.29, 0.717) is 5.75 Å². The molecule has 1 nitrogen and oxygen atoms in total. The molecule has 0 radical (unpaired) electrons. The Bertz CT molecular complexity index is 1790. The Hall–Kier alpha value is -4.10. The largest absolute Gasteiger partial charge is 0.508 e. The van der Waals surface area contributed by atoms with E-state index in [1.807, 2.05) is 12.1 Å². The van der Waals surface area contributed by atoms with Crippen LogP contribution in [0, 0.1) is 0 Å². The molecule has 7 rings (SSSR count). The molecule has 0 amide bonds. The number of hydrogen-bond donors (Lipinski definition) is 1. The Morgan fingerprint density at radius 2 is 1.16 bits per heavy atom. The number of aromatic hydroxyl groups is 1. The summed E-state index contributed by atoms with van der Waals surface area (Å²) in [6, 6.07) is 36.6. The molecule has 0 aliphatic heterocycles. The average molecular weight is 409 g/mol. The number of rotatable bonds is 2. The maximum Gasteiger partial charge on any atom is 0.115 e. The highest BCUT2D eigenvalue weighted by Crippen LogP contribution is 2.44. The summed E-state index contributed by atoms with van der Waals surface area (Å²) in [5.41, 5.74) is 2.51. The fourth-order valence-corrected chi connectivity index (χ4v) is 5.51. The van der Waals surface area contributed by atoms with Gasteiger partial charge in [-0.15, -0.1) is 0 Å². The smallest absolute Gasteiger partial charge is 0.115 e. The van der Waals surface area contributed by atoms with Gasteiger partial charge in [0.15, 0.2) is 0 Å². The van der Waals surface area contributed by atoms with Crippen LogP contribution in [0.4, 0.5) is 0 Å². The van der Waals surface area contributed by atoms with Crippen LogP contribution in [0.3, 0.4) is 0 Å². The third kappa shape index (κ3) is 2.39. The van der Waals surface area contributed by atoms with Crippen LogP contribution in [0.15, 0.2) is 103 Å². The molecule has 0 aromatic heterocycles. The molecule has 32 heavy (non-hydrogen) atoms. The van der Waals surface area contributed by atoms with Crippen molar-refractivity contribution in [2.45, 2.75) is 6.42 Å². The van der Waals surface area contributed by atoms with E-state index in [9.17, 15) is 5.11 Å². The second-order valence-electron chi connectivity index (χ2n) is 8.72. The lowest BCUT2D eigenvalue weighted by atomic mass is 9.85. The quantitative estimate of drug-likeness (QED) is 0.226. The first-order valence-corrected chi connectivity index (χ1v) is 11.1. The molecule has 0 fully saturated rings. The molecule has 7 aromatic rings. The molecule has 0 aliphatic carbocycles. The highest BCUT2D eigenvalue weighted by molar-refractivity contribution is 6.38. The first-order chi connectivity index (χ1) is 15.8. The first kappa shape index (κ1) is 17.6. The van der Waals surface area contributed by atoms with Crippen molar-refractivity contribution in [1.29, 1.82) is 0 Å². The van der Waals surface area contributed by atoms with E-state index in [0.717, 1.165) is 6.42 Å². The molecular weight excluding hydrogens is 388 g/mol. The summed E-state index contributed by atoms with van der Waals surface area (Å²) in [4.78, 5) is 0. The summed E-state index contributed by atoms with van der Waals surface area (Å²) in [6.07, 6.45) is 0.840. The monoisotopic (exact) mass is 408 g/mol. The highest BCUT2D eigenvalue weighted by Gasteiger charge is 2.16. The summed E-state index contributed by atoms with van der Waals surface area (Å²) in [6.45, 7) is 0. The van der Waals surface area contributed by atoms with Crippen molar-refractivity contribution in [3.63, 3.8) is 0 Å². The first-order valence-electron chi connectivity index (χ1n) is 11.1. The van der Waals surface area contributed by atoms with Crippen LogP contribution in [-0.2, 0) is 6.42 Å². The fraction of sp³-hybridized carbons (Fsp3) is 0.0323. The summed E-state index contributed by atoms with van der Waals surface area (Å²) < 4.78 is 0. The normalized spacial score (nSPS) is 12.0. The summed E-state index contributed by atoms with van der Waals surface area (Å²) in [7, 11) is 0. The molecule has 0 bridgehead atoms. The van der Waals surface area contributed by atoms with Crippen LogP contribution in [0.5, 0.6) is 5.75 Å². The molecule has 0 saturated carbocycles. The van der Waals surface area contributed by atoms with Gasteiger partial charge < -0.3 is 5.11 Å². The number of fused-ring (bicyclic) bond motifs is 4. The van der Waals surface area contributed by atoms with Crippen molar-refractivity contribution in [2.24, 2.45) is 0 Å². The lowest BCUT2D eigenvalue weighted by molar-refractivity contribution is 0.475. The third-order valence-electron chi connectivity index (χ3n) is 6.91. The molecule has 150 valence electrons. The Kier molecular flexibility index (Phi) is 3.54. The lowest BCUT2D eigenvalue weighted by Crippen LogP contribution is -1.93. The summed E-state index contributed by atoms with van der Waals surface area (Å²) in [5.74, 6) is 0.308. The Labute approximate surface area is 185 Å². The molecule has 1 N–H and O–H groups in total. The fourth-order valence-electron chi connectivity index (χ4n) is 5.51. The molecule has 7 aromatic carbocycles. The van der Waals surface area contributed by atoms with Gasteiger partial charge in [0.1, 0.15) is 5.75 Å². The van der Waals surface area contributed by atoms with Crippen molar-refractivity contribution in [2.75, 3.05) is 0 Å². The van der Waals surface area contributed by atoms with E-state index in [4.69, 9.17) is 0 Å². The van der Waals surface area contributed by atoms with Crippen LogP contribution >= 0.6 is 0 Å². The maximum absolute atomic E-state index is 9.66. The zero-order valence-electron chi connectivity index (χ0n) is 17.5. The van der Waals surface area contributed by atoms with Gasteiger partial charge in [0.05, 0.1) is 0 Å². The van der Waals surface area contributed by atoms with Crippen LogP contribution in [0.1, 0.15) is 11.1 Å². The number of benzene rings is 7. The van der Waals surface area contributed by atoms with E-state index < -0.39 is 0 Å². The van der Waals surface area contributed by atoms with Crippen molar-refractivity contribution in [3.8, 4) is 5.75 Å². The van der Waals surface area contributed by atoms with Crippen LogP contribution in [-0.4, -0.2) is 5.11 Å². The van der Waals surface area contributed by atoms with Gasteiger partial charge in [-0.1, -0.05) is 84.9 Å². The third-order valence-corrected chi connectivity index (χ3v) is 6.91. The van der Waals surface area contributed by atoms with Gasteiger partial charge in [-0.05, 0) is 89.6 Å². The minimum absolute atomic E-state index is 0.308. The number of phenolic OH excluding ortho intramolecular Hbond substituents is 1. The van der Waals surface area contributed by atoms with Crippen LogP contribution in [0.2, 0.25) is 0 Å². The summed E-state index contributed by atoms with van der Waals surface area (Å²) in [5, 5.41) is 22.9. The molecule has 0 heterocycles. The molecule has 0 unspecified atom stereocenters. The molecule has 0 saturated heterocycles. The van der Waals surface area contributed by atoms with Crippen LogP contribution in [0.25, 0.3) is 53.9 Å². The molecule has 1 heteroatoms. The minimum atomic E-state index is 0.308. The predicted molar refractivity (Wildman–Crippen MR) is 136 cm³/mol. The molecule has 0 atom stereocenters. The molecular formula is C31H20O. The van der Waals surface area contributed by atoms with Crippen molar-refractivity contribution >= 4 is 53.9 Å².